The van der Waals surface area contributed by atoms with Gasteiger partial charge in [-0.25, -0.2) is 4.39 Å². The van der Waals surface area contributed by atoms with Crippen LogP contribution in [0.5, 0.6) is 0 Å². The maximum atomic E-state index is 13.8. The van der Waals surface area contributed by atoms with E-state index in [0.717, 1.165) is 38.6 Å². The van der Waals surface area contributed by atoms with E-state index in [4.69, 9.17) is 0 Å². The quantitative estimate of drug-likeness (QED) is 0.650. The Hall–Kier alpha value is -2.47. The molecule has 27 heavy (non-hydrogen) atoms. The van der Waals surface area contributed by atoms with Crippen LogP contribution in [-0.2, 0) is 6.54 Å². The van der Waals surface area contributed by atoms with Crippen LogP contribution < -0.4 is 5.32 Å². The van der Waals surface area contributed by atoms with Gasteiger partial charge in [0.25, 0.3) is 0 Å². The predicted octanol–water partition coefficient (Wildman–Crippen LogP) is 3.07. The molecule has 6 heteroatoms. The number of nitrogens with zero attached hydrogens (tertiary/aromatic N) is 4. The van der Waals surface area contributed by atoms with Gasteiger partial charge < -0.3 is 10.2 Å². The van der Waals surface area contributed by atoms with Crippen LogP contribution in [0, 0.1) is 5.82 Å². The minimum Gasteiger partial charge on any atom is -0.350 e. The van der Waals surface area contributed by atoms with Crippen molar-refractivity contribution < 1.29 is 4.39 Å². The van der Waals surface area contributed by atoms with Gasteiger partial charge in [0.15, 0.2) is 5.96 Å². The van der Waals surface area contributed by atoms with E-state index in [9.17, 15) is 4.39 Å². The molecule has 144 valence electrons. The fourth-order valence-corrected chi connectivity index (χ4v) is 3.67. The first-order valence-corrected chi connectivity index (χ1v) is 9.57. The van der Waals surface area contributed by atoms with Crippen LogP contribution >= 0.6 is 0 Å². The monoisotopic (exact) mass is 369 g/mol. The molecular weight excluding hydrogens is 341 g/mol. The molecule has 1 fully saturated rings. The van der Waals surface area contributed by atoms with E-state index < -0.39 is 0 Å². The largest absolute Gasteiger partial charge is 0.350 e. The molecular formula is C21H28FN5. The first-order chi connectivity index (χ1) is 13.2. The molecule has 1 aliphatic rings. The lowest BCUT2D eigenvalue weighted by atomic mass is 10.0. The Morgan fingerprint density at radius 3 is 2.52 bits per heavy atom. The Labute approximate surface area is 160 Å². The minimum absolute atomic E-state index is 0.293. The summed E-state index contributed by atoms with van der Waals surface area (Å²) >= 11 is 0. The van der Waals surface area contributed by atoms with Gasteiger partial charge in [-0.2, -0.15) is 0 Å². The van der Waals surface area contributed by atoms with Gasteiger partial charge >= 0.3 is 0 Å². The normalized spacial score (nSPS) is 17.0. The number of aliphatic imine (C=N–C) groups is 1. The summed E-state index contributed by atoms with van der Waals surface area (Å²) in [5, 5.41) is 3.24. The number of benzene rings is 1. The first kappa shape index (κ1) is 19.3. The molecule has 1 N–H and O–H groups in total. The molecule has 1 aromatic heterocycles. The molecule has 2 heterocycles. The van der Waals surface area contributed by atoms with Crippen LogP contribution in [0.1, 0.15) is 30.6 Å². The highest BCUT2D eigenvalue weighted by atomic mass is 19.1. The van der Waals surface area contributed by atoms with E-state index in [1.54, 1.807) is 19.3 Å². The van der Waals surface area contributed by atoms with Crippen LogP contribution in [0.3, 0.4) is 0 Å². The van der Waals surface area contributed by atoms with Crippen molar-refractivity contribution in [3.63, 3.8) is 0 Å². The zero-order chi connectivity index (χ0) is 19.1. The lowest BCUT2D eigenvalue weighted by Gasteiger charge is -2.40. The Balaban J connectivity index is 1.56. The molecule has 1 unspecified atom stereocenters. The van der Waals surface area contributed by atoms with E-state index >= 15 is 0 Å². The van der Waals surface area contributed by atoms with Crippen LogP contribution in [0.15, 0.2) is 53.7 Å². The fourth-order valence-electron chi connectivity index (χ4n) is 3.67. The Morgan fingerprint density at radius 2 is 1.89 bits per heavy atom. The third-order valence-electron chi connectivity index (χ3n) is 5.09. The molecule has 5 nitrogen and oxygen atoms in total. The molecule has 0 spiro atoms. The third-order valence-corrected chi connectivity index (χ3v) is 5.09. The van der Waals surface area contributed by atoms with E-state index in [0.29, 0.717) is 18.3 Å². The SMILES string of the molecule is CCC(c1ccccc1)N1CCN(C(=NC)NCc2ncccc2F)CC1. The van der Waals surface area contributed by atoms with Crippen molar-refractivity contribution >= 4 is 5.96 Å². The second-order valence-corrected chi connectivity index (χ2v) is 6.69. The lowest BCUT2D eigenvalue weighted by Crippen LogP contribution is -2.53. The average Bonchev–Trinajstić information content (AvgIpc) is 2.72. The van der Waals surface area contributed by atoms with Crippen LogP contribution in [0.4, 0.5) is 4.39 Å². The van der Waals surface area contributed by atoms with Gasteiger partial charge in [-0.05, 0) is 24.1 Å². The van der Waals surface area contributed by atoms with Crippen LogP contribution in [-0.4, -0.2) is 54.0 Å². The first-order valence-electron chi connectivity index (χ1n) is 9.57. The summed E-state index contributed by atoms with van der Waals surface area (Å²) in [4.78, 5) is 13.2. The summed E-state index contributed by atoms with van der Waals surface area (Å²) in [5.41, 5.74) is 1.79. The highest BCUT2D eigenvalue weighted by Gasteiger charge is 2.25. The second-order valence-electron chi connectivity index (χ2n) is 6.69. The molecule has 3 rings (SSSR count). The smallest absolute Gasteiger partial charge is 0.194 e. The summed E-state index contributed by atoms with van der Waals surface area (Å²) in [6.07, 6.45) is 2.70. The van der Waals surface area contributed by atoms with Gasteiger partial charge in [0, 0.05) is 45.5 Å². The molecule has 1 atom stereocenters. The molecule has 0 bridgehead atoms. The maximum Gasteiger partial charge on any atom is 0.194 e. The van der Waals surface area contributed by atoms with Gasteiger partial charge in [0.05, 0.1) is 12.2 Å². The number of nitrogens with one attached hydrogen (secondary N) is 1. The van der Waals surface area contributed by atoms with Crippen molar-refractivity contribution in [2.75, 3.05) is 33.2 Å². The number of hydrogen-bond donors (Lipinski definition) is 1. The van der Waals surface area contributed by atoms with Gasteiger partial charge in [-0.15, -0.1) is 0 Å². The number of aromatic nitrogens is 1. The summed E-state index contributed by atoms with van der Waals surface area (Å²) in [5.74, 6) is 0.506. The van der Waals surface area contributed by atoms with Crippen molar-refractivity contribution in [2.45, 2.75) is 25.9 Å². The average molecular weight is 369 g/mol. The van der Waals surface area contributed by atoms with Gasteiger partial charge in [-0.3, -0.25) is 14.9 Å². The molecule has 0 radical (unpaired) electrons. The van der Waals surface area contributed by atoms with E-state index in [2.05, 4.69) is 62.3 Å². The molecule has 0 amide bonds. The molecule has 0 aliphatic carbocycles. The second kappa shape index (κ2) is 9.46. The number of piperazine rings is 1. The molecule has 2 aromatic rings. The Bertz CT molecular complexity index is 741. The highest BCUT2D eigenvalue weighted by Crippen LogP contribution is 2.25. The molecule has 1 aromatic carbocycles. The van der Waals surface area contributed by atoms with Crippen molar-refractivity contribution in [1.29, 1.82) is 0 Å². The van der Waals surface area contributed by atoms with Gasteiger partial charge in [0.1, 0.15) is 5.82 Å². The number of rotatable bonds is 5. The third kappa shape index (κ3) is 4.83. The van der Waals surface area contributed by atoms with Crippen LogP contribution in [0.2, 0.25) is 0 Å². The van der Waals surface area contributed by atoms with E-state index in [1.807, 2.05) is 0 Å². The summed E-state index contributed by atoms with van der Waals surface area (Å²) < 4.78 is 13.8. The molecule has 1 aliphatic heterocycles. The van der Waals surface area contributed by atoms with E-state index in [1.165, 1.54) is 11.6 Å². The fraction of sp³-hybridized carbons (Fsp3) is 0.429. The van der Waals surface area contributed by atoms with Crippen molar-refractivity contribution in [3.8, 4) is 0 Å². The number of guanidine groups is 1. The lowest BCUT2D eigenvalue weighted by molar-refractivity contribution is 0.127. The van der Waals surface area contributed by atoms with Gasteiger partial charge in [0.2, 0.25) is 0 Å². The van der Waals surface area contributed by atoms with Crippen LogP contribution in [0.25, 0.3) is 0 Å². The topological polar surface area (TPSA) is 43.8 Å². The van der Waals surface area contributed by atoms with Crippen molar-refractivity contribution in [2.24, 2.45) is 4.99 Å². The Kier molecular flexibility index (Phi) is 6.76. The minimum atomic E-state index is -0.293. The maximum absolute atomic E-state index is 13.8. The van der Waals surface area contributed by atoms with Gasteiger partial charge in [-0.1, -0.05) is 37.3 Å². The van der Waals surface area contributed by atoms with E-state index in [-0.39, 0.29) is 5.82 Å². The highest BCUT2D eigenvalue weighted by molar-refractivity contribution is 5.79. The summed E-state index contributed by atoms with van der Waals surface area (Å²) in [7, 11) is 1.77. The van der Waals surface area contributed by atoms with Crippen molar-refractivity contribution in [1.82, 2.24) is 20.1 Å². The number of hydrogen-bond acceptors (Lipinski definition) is 3. The van der Waals surface area contributed by atoms with Crippen molar-refractivity contribution in [3.05, 3.63) is 65.7 Å². The summed E-state index contributed by atoms with van der Waals surface area (Å²) in [6.45, 7) is 6.33. The zero-order valence-corrected chi connectivity index (χ0v) is 16.1. The standard InChI is InChI=1S/C21H28FN5/c1-3-20(17-8-5-4-6-9-17)26-12-14-27(15-13-26)21(23-2)25-16-19-18(22)10-7-11-24-19/h4-11,20H,3,12-16H2,1-2H3,(H,23,25). The number of pyridine rings is 1. The molecule has 0 saturated carbocycles. The zero-order valence-electron chi connectivity index (χ0n) is 16.1. The number of halogens is 1. The Morgan fingerprint density at radius 1 is 1.15 bits per heavy atom. The molecule has 1 saturated heterocycles. The summed E-state index contributed by atoms with van der Waals surface area (Å²) in [6, 6.07) is 14.2. The predicted molar refractivity (Wildman–Crippen MR) is 107 cm³/mol.